The Bertz CT molecular complexity index is 1160. The van der Waals surface area contributed by atoms with E-state index in [2.05, 4.69) is 15.3 Å². The van der Waals surface area contributed by atoms with E-state index < -0.39 is 7.04 Å². The third-order valence-electron chi connectivity index (χ3n) is 4.14. The van der Waals surface area contributed by atoms with E-state index in [9.17, 15) is 0 Å². The van der Waals surface area contributed by atoms with Gasteiger partial charge in [0, 0.05) is 29.7 Å². The summed E-state index contributed by atoms with van der Waals surface area (Å²) >= 11 is 0. The lowest BCUT2D eigenvalue weighted by atomic mass is 10.0. The van der Waals surface area contributed by atoms with Gasteiger partial charge in [0.25, 0.3) is 0 Å². The average molecular weight is 374 g/mol. The minimum atomic E-state index is -2.82. The van der Waals surface area contributed by atoms with Crippen molar-refractivity contribution in [1.29, 1.82) is 0 Å². The second kappa shape index (κ2) is 7.45. The highest BCUT2D eigenvalue weighted by Gasteiger charge is 2.14. The quantitative estimate of drug-likeness (QED) is 0.603. The molecule has 8 heteroatoms. The van der Waals surface area contributed by atoms with Crippen LogP contribution in [0, 0.1) is 6.92 Å². The molecule has 0 aliphatic carbocycles. The van der Waals surface area contributed by atoms with Crippen LogP contribution in [0.15, 0.2) is 24.2 Å². The number of hydrogen-bond acceptors (Lipinski definition) is 8. The summed E-state index contributed by atoms with van der Waals surface area (Å²) in [7, 11) is -0.273. The maximum atomic E-state index is 8.44. The summed E-state index contributed by atoms with van der Waals surface area (Å²) in [5.74, 6) is -0.333. The first-order chi connectivity index (χ1) is 15.0. The van der Waals surface area contributed by atoms with Gasteiger partial charge in [0.05, 0.1) is 33.6 Å². The van der Waals surface area contributed by atoms with Gasteiger partial charge in [-0.05, 0) is 24.1 Å². The number of rotatable bonds is 6. The second-order valence-electron chi connectivity index (χ2n) is 5.69. The molecular formula is C19H23N5O3. The van der Waals surface area contributed by atoms with E-state index in [4.69, 9.17) is 32.5 Å². The van der Waals surface area contributed by atoms with E-state index in [1.165, 1.54) is 14.2 Å². The molecular weight excluding hydrogens is 346 g/mol. The van der Waals surface area contributed by atoms with E-state index in [0.717, 1.165) is 11.1 Å². The Morgan fingerprint density at radius 3 is 2.44 bits per heavy atom. The Kier molecular flexibility index (Phi) is 3.55. The molecule has 0 aliphatic rings. The molecule has 142 valence electrons. The Morgan fingerprint density at radius 2 is 1.81 bits per heavy atom. The maximum Gasteiger partial charge on any atom is 0.222 e. The Labute approximate surface area is 164 Å². The molecule has 0 saturated carbocycles. The third-order valence-corrected chi connectivity index (χ3v) is 4.14. The van der Waals surface area contributed by atoms with Gasteiger partial charge >= 0.3 is 0 Å². The van der Waals surface area contributed by atoms with Crippen LogP contribution in [-0.2, 0) is 6.54 Å². The van der Waals surface area contributed by atoms with Gasteiger partial charge in [-0.25, -0.2) is 4.98 Å². The van der Waals surface area contributed by atoms with Gasteiger partial charge in [0.2, 0.25) is 11.7 Å². The first-order valence-corrected chi connectivity index (χ1v) is 7.97. The molecule has 0 unspecified atom stereocenters. The van der Waals surface area contributed by atoms with Gasteiger partial charge < -0.3 is 31.0 Å². The largest absolute Gasteiger partial charge is 0.493 e. The fourth-order valence-electron chi connectivity index (χ4n) is 2.80. The molecule has 0 bridgehead atoms. The van der Waals surface area contributed by atoms with Gasteiger partial charge in [-0.2, -0.15) is 4.98 Å². The lowest BCUT2D eigenvalue weighted by Gasteiger charge is -2.16. The Hall–Kier alpha value is -3.42. The van der Waals surface area contributed by atoms with E-state index in [1.54, 1.807) is 6.07 Å². The molecule has 0 fully saturated rings. The van der Waals surface area contributed by atoms with Crippen LogP contribution >= 0.6 is 0 Å². The number of fused-ring (bicyclic) bond motifs is 1. The van der Waals surface area contributed by atoms with Crippen LogP contribution in [0.25, 0.3) is 10.9 Å². The smallest absolute Gasteiger partial charge is 0.222 e. The predicted octanol–water partition coefficient (Wildman–Crippen LogP) is 2.74. The summed E-state index contributed by atoms with van der Waals surface area (Å²) in [4.78, 5) is 8.19. The van der Waals surface area contributed by atoms with Crippen molar-refractivity contribution < 1.29 is 21.1 Å². The fourth-order valence-corrected chi connectivity index (χ4v) is 2.80. The molecule has 0 spiro atoms. The van der Waals surface area contributed by atoms with Gasteiger partial charge in [-0.3, -0.25) is 0 Å². The first kappa shape index (κ1) is 12.9. The van der Waals surface area contributed by atoms with Crippen LogP contribution in [0.1, 0.15) is 18.0 Å². The number of nitrogens with one attached hydrogen (secondary N) is 1. The molecule has 1 heterocycles. The van der Waals surface area contributed by atoms with Gasteiger partial charge in [0.15, 0.2) is 11.5 Å². The molecule has 2 aromatic carbocycles. The minimum Gasteiger partial charge on any atom is -0.493 e. The number of anilines is 3. The zero-order valence-corrected chi connectivity index (χ0v) is 15.1. The van der Waals surface area contributed by atoms with Crippen molar-refractivity contribution in [3.05, 3.63) is 35.3 Å². The number of aryl methyl sites for hydroxylation is 1. The number of aromatic nitrogens is 2. The van der Waals surface area contributed by atoms with Gasteiger partial charge in [0.1, 0.15) is 5.82 Å². The van der Waals surface area contributed by atoms with Crippen LogP contribution < -0.4 is 31.0 Å². The Morgan fingerprint density at radius 1 is 1.11 bits per heavy atom. The molecule has 0 aliphatic heterocycles. The summed E-state index contributed by atoms with van der Waals surface area (Å²) < 4.78 is 54.3. The van der Waals surface area contributed by atoms with Crippen molar-refractivity contribution >= 4 is 28.4 Å². The summed E-state index contributed by atoms with van der Waals surface area (Å²) in [6.07, 6.45) is 0. The molecule has 3 aromatic rings. The van der Waals surface area contributed by atoms with Gasteiger partial charge in [-0.1, -0.05) is 6.07 Å². The van der Waals surface area contributed by atoms with Crippen molar-refractivity contribution in [2.75, 3.05) is 38.0 Å². The molecule has 1 aromatic heterocycles. The molecule has 0 atom stereocenters. The number of hydrogen-bond donors (Lipinski definition) is 3. The van der Waals surface area contributed by atoms with E-state index in [1.807, 2.05) is 13.0 Å². The van der Waals surface area contributed by atoms with E-state index >= 15 is 0 Å². The number of ether oxygens (including phenoxy) is 3. The summed E-state index contributed by atoms with van der Waals surface area (Å²) in [6, 6.07) is 3.09. The zero-order chi connectivity index (χ0) is 23.8. The van der Waals surface area contributed by atoms with E-state index in [-0.39, 0.29) is 53.3 Å². The van der Waals surface area contributed by atoms with Crippen LogP contribution in [0.3, 0.4) is 0 Å². The fraction of sp³-hybridized carbons (Fsp3) is 0.263. The molecule has 0 amide bonds. The zero-order valence-electron chi connectivity index (χ0n) is 20.1. The molecule has 0 saturated heterocycles. The topological polar surface area (TPSA) is 118 Å². The van der Waals surface area contributed by atoms with Crippen LogP contribution in [-0.4, -0.2) is 31.2 Å². The van der Waals surface area contributed by atoms with E-state index in [0.29, 0.717) is 10.9 Å². The predicted molar refractivity (Wildman–Crippen MR) is 107 cm³/mol. The molecule has 27 heavy (non-hydrogen) atoms. The monoisotopic (exact) mass is 374 g/mol. The highest BCUT2D eigenvalue weighted by molar-refractivity contribution is 5.92. The van der Waals surface area contributed by atoms with Crippen molar-refractivity contribution in [3.63, 3.8) is 0 Å². The Balaban J connectivity index is 2.04. The molecule has 8 nitrogen and oxygen atoms in total. The standard InChI is InChI=1S/C19H23N5O3/c1-10-11(5-6-13-16(10)18(20)24-19(21)23-13)9-22-12-7-14(25-2)17(27-4)15(8-12)26-3/h5-8,22H,9H2,1-4H3,(H4,20,21,23,24)/i4D3,7D,8D. The number of methoxy groups -OCH3 is 3. The highest BCUT2D eigenvalue weighted by atomic mass is 16.5. The number of nitrogen functional groups attached to an aromatic ring is 2. The van der Waals surface area contributed by atoms with Crippen LogP contribution in [0.4, 0.5) is 17.5 Å². The SMILES string of the molecule is [2H]c1c(NCc2ccc3nc(N)nc(N)c3c2C)c([2H])c(OC)c(OC([2H])([2H])[2H])c1OC. The normalized spacial score (nSPS) is 13.8. The minimum absolute atomic E-state index is 0.0801. The maximum absolute atomic E-state index is 8.44. The van der Waals surface area contributed by atoms with Crippen molar-refractivity contribution in [2.24, 2.45) is 0 Å². The lowest BCUT2D eigenvalue weighted by molar-refractivity contribution is 0.324. The number of benzene rings is 2. The molecule has 3 rings (SSSR count). The summed E-state index contributed by atoms with van der Waals surface area (Å²) in [5, 5.41) is 3.70. The van der Waals surface area contributed by atoms with Crippen molar-refractivity contribution in [2.45, 2.75) is 13.5 Å². The summed E-state index contributed by atoms with van der Waals surface area (Å²) in [6.45, 7) is 2.07. The molecule has 5 N–H and O–H groups in total. The lowest BCUT2D eigenvalue weighted by Crippen LogP contribution is -2.06. The first-order valence-electron chi connectivity index (χ1n) is 10.5. The van der Waals surface area contributed by atoms with Crippen molar-refractivity contribution in [1.82, 2.24) is 9.97 Å². The number of nitrogens with two attached hydrogens (primary N) is 2. The van der Waals surface area contributed by atoms with Crippen LogP contribution in [0.5, 0.6) is 17.2 Å². The van der Waals surface area contributed by atoms with Gasteiger partial charge in [-0.15, -0.1) is 0 Å². The highest BCUT2D eigenvalue weighted by Crippen LogP contribution is 2.40. The average Bonchev–Trinajstić information content (AvgIpc) is 2.68. The number of nitrogens with zero attached hydrogens (tertiary/aromatic N) is 2. The second-order valence-corrected chi connectivity index (χ2v) is 5.69. The van der Waals surface area contributed by atoms with Crippen molar-refractivity contribution in [3.8, 4) is 17.2 Å². The van der Waals surface area contributed by atoms with Crippen LogP contribution in [0.2, 0.25) is 0 Å². The molecule has 0 radical (unpaired) electrons. The summed E-state index contributed by atoms with van der Waals surface area (Å²) in [5.41, 5.74) is 14.0. The third kappa shape index (κ3) is 3.46.